The Balaban J connectivity index is 2.40. The third-order valence-corrected chi connectivity index (χ3v) is 0.784. The average Bonchev–Trinajstić information content (AvgIpc) is 1.62. The van der Waals surface area contributed by atoms with Gasteiger partial charge in [0.2, 0.25) is 0 Å². The Morgan fingerprint density at radius 2 is 1.89 bits per heavy atom. The second-order valence-electron chi connectivity index (χ2n) is 1.43. The summed E-state index contributed by atoms with van der Waals surface area (Å²) in [6.07, 6.45) is -3.39. The van der Waals surface area contributed by atoms with Crippen molar-refractivity contribution in [1.29, 1.82) is 0 Å². The van der Waals surface area contributed by atoms with E-state index in [1.807, 2.05) is 0 Å². The van der Waals surface area contributed by atoms with Gasteiger partial charge in [0, 0.05) is 0 Å². The van der Waals surface area contributed by atoms with Gasteiger partial charge >= 0.3 is 19.8 Å². The second-order valence-corrected chi connectivity index (χ2v) is 1.43. The molecule has 0 aromatic rings. The standard InChI is InChI=1S/C2H2BF3O3/c4-1(5)2(6)8-3(7)9-2/h1,7H. The monoisotopic (exact) mass is 142 g/mol. The first-order valence-corrected chi connectivity index (χ1v) is 2.05. The largest absolute Gasteiger partial charge is 0.645 e. The maximum absolute atomic E-state index is 11.9. The van der Waals surface area contributed by atoms with Gasteiger partial charge in [0.05, 0.1) is 0 Å². The van der Waals surface area contributed by atoms with Crippen LogP contribution in [-0.2, 0) is 9.31 Å². The molecule has 0 radical (unpaired) electrons. The van der Waals surface area contributed by atoms with Crippen molar-refractivity contribution >= 4 is 7.32 Å². The highest BCUT2D eigenvalue weighted by Gasteiger charge is 2.58. The lowest BCUT2D eigenvalue weighted by molar-refractivity contribution is -0.370. The molecule has 0 aromatic heterocycles. The quantitative estimate of drug-likeness (QED) is 0.519. The third kappa shape index (κ3) is 1.03. The average molecular weight is 142 g/mol. The van der Waals surface area contributed by atoms with Crippen LogP contribution in [0.25, 0.3) is 0 Å². The van der Waals surface area contributed by atoms with Gasteiger partial charge in [-0.05, 0) is 0 Å². The molecule has 0 bridgehead atoms. The van der Waals surface area contributed by atoms with Gasteiger partial charge in [0.1, 0.15) is 0 Å². The van der Waals surface area contributed by atoms with Crippen molar-refractivity contribution in [3.05, 3.63) is 0 Å². The van der Waals surface area contributed by atoms with Crippen molar-refractivity contribution in [1.82, 2.24) is 0 Å². The topological polar surface area (TPSA) is 38.7 Å². The van der Waals surface area contributed by atoms with Crippen LogP contribution in [0.15, 0.2) is 0 Å². The molecule has 1 aliphatic rings. The molecule has 9 heavy (non-hydrogen) atoms. The predicted molar refractivity (Wildman–Crippen MR) is 20.0 cm³/mol. The lowest BCUT2D eigenvalue weighted by Crippen LogP contribution is -2.58. The number of hydrogen-bond acceptors (Lipinski definition) is 3. The van der Waals surface area contributed by atoms with E-state index in [1.165, 1.54) is 0 Å². The van der Waals surface area contributed by atoms with E-state index in [1.54, 1.807) is 0 Å². The van der Waals surface area contributed by atoms with Crippen molar-refractivity contribution in [2.75, 3.05) is 0 Å². The molecule has 52 valence electrons. The van der Waals surface area contributed by atoms with Crippen LogP contribution in [0.4, 0.5) is 13.2 Å². The second kappa shape index (κ2) is 1.86. The fourth-order valence-corrected chi connectivity index (χ4v) is 0.387. The van der Waals surface area contributed by atoms with Crippen LogP contribution in [0.1, 0.15) is 0 Å². The van der Waals surface area contributed by atoms with Gasteiger partial charge in [-0.3, -0.25) is 0 Å². The summed E-state index contributed by atoms with van der Waals surface area (Å²) in [5.41, 5.74) is 0. The highest BCUT2D eigenvalue weighted by molar-refractivity contribution is 6.37. The van der Waals surface area contributed by atoms with Crippen LogP contribution in [0.3, 0.4) is 0 Å². The molecule has 1 N–H and O–H groups in total. The molecular formula is C2H2BF3O3. The molecule has 1 heterocycles. The molecule has 1 fully saturated rings. The van der Waals surface area contributed by atoms with Crippen molar-refractivity contribution < 1.29 is 27.5 Å². The van der Waals surface area contributed by atoms with E-state index >= 15 is 0 Å². The molecule has 1 rings (SSSR count). The van der Waals surface area contributed by atoms with Gasteiger partial charge in [-0.2, -0.15) is 4.39 Å². The first-order valence-electron chi connectivity index (χ1n) is 2.05. The molecule has 1 aliphatic heterocycles. The molecule has 0 aromatic carbocycles. The van der Waals surface area contributed by atoms with E-state index in [2.05, 4.69) is 9.31 Å². The Morgan fingerprint density at radius 1 is 1.44 bits per heavy atom. The van der Waals surface area contributed by atoms with Gasteiger partial charge in [-0.1, -0.05) is 0 Å². The van der Waals surface area contributed by atoms with Crippen LogP contribution in [0, 0.1) is 0 Å². The maximum atomic E-state index is 11.9. The van der Waals surface area contributed by atoms with Crippen LogP contribution in [0.5, 0.6) is 0 Å². The molecule has 0 atom stereocenters. The van der Waals surface area contributed by atoms with Crippen LogP contribution < -0.4 is 0 Å². The SMILES string of the molecule is OB1OC(F)(C(F)F)O1. The molecule has 3 nitrogen and oxygen atoms in total. The first-order chi connectivity index (χ1) is 4.04. The summed E-state index contributed by atoms with van der Waals surface area (Å²) in [6, 6.07) is -3.39. The minimum atomic E-state index is -3.39. The van der Waals surface area contributed by atoms with E-state index in [0.29, 0.717) is 0 Å². The minimum Gasteiger partial charge on any atom is -0.401 e. The lowest BCUT2D eigenvalue weighted by Gasteiger charge is -2.34. The van der Waals surface area contributed by atoms with E-state index < -0.39 is 19.8 Å². The van der Waals surface area contributed by atoms with Crippen molar-refractivity contribution in [2.24, 2.45) is 0 Å². The van der Waals surface area contributed by atoms with E-state index in [-0.39, 0.29) is 0 Å². The number of alkyl halides is 3. The van der Waals surface area contributed by atoms with E-state index in [4.69, 9.17) is 5.02 Å². The fraction of sp³-hybridized carbons (Fsp3) is 1.00. The van der Waals surface area contributed by atoms with E-state index in [9.17, 15) is 13.2 Å². The molecular weight excluding hydrogens is 140 g/mol. The van der Waals surface area contributed by atoms with Gasteiger partial charge in [-0.25, -0.2) is 8.78 Å². The normalized spacial score (nSPS) is 24.3. The molecule has 0 unspecified atom stereocenters. The fourth-order valence-electron chi connectivity index (χ4n) is 0.387. The van der Waals surface area contributed by atoms with Gasteiger partial charge in [0.15, 0.2) is 0 Å². The van der Waals surface area contributed by atoms with E-state index in [0.717, 1.165) is 0 Å². The molecule has 0 aliphatic carbocycles. The van der Waals surface area contributed by atoms with Crippen molar-refractivity contribution in [3.63, 3.8) is 0 Å². The summed E-state index contributed by atoms with van der Waals surface area (Å²) in [7, 11) is -1.86. The third-order valence-electron chi connectivity index (χ3n) is 0.784. The zero-order valence-electron chi connectivity index (χ0n) is 4.05. The summed E-state index contributed by atoms with van der Waals surface area (Å²) in [5.74, 6) is 0. The van der Waals surface area contributed by atoms with Crippen LogP contribution in [0.2, 0.25) is 0 Å². The Morgan fingerprint density at radius 3 is 2.00 bits per heavy atom. The van der Waals surface area contributed by atoms with Crippen LogP contribution >= 0.6 is 0 Å². The summed E-state index contributed by atoms with van der Waals surface area (Å²) < 4.78 is 41.5. The van der Waals surface area contributed by atoms with Gasteiger partial charge in [-0.15, -0.1) is 0 Å². The predicted octanol–water partition coefficient (Wildman–Crippen LogP) is -0.101. The highest BCUT2D eigenvalue weighted by Crippen LogP contribution is 2.32. The Labute approximate surface area is 48.5 Å². The molecule has 0 spiro atoms. The molecule has 0 amide bonds. The summed E-state index contributed by atoms with van der Waals surface area (Å²) >= 11 is 0. The maximum Gasteiger partial charge on any atom is 0.645 e. The van der Waals surface area contributed by atoms with Gasteiger partial charge in [0.25, 0.3) is 0 Å². The zero-order chi connectivity index (χ0) is 7.07. The summed E-state index contributed by atoms with van der Waals surface area (Å²) in [5, 5.41) is 8.01. The number of rotatable bonds is 1. The molecule has 7 heteroatoms. The minimum absolute atomic E-state index is 1.86. The number of hydrogen-bond donors (Lipinski definition) is 1. The summed E-state index contributed by atoms with van der Waals surface area (Å²) in [6.45, 7) is 0. The highest BCUT2D eigenvalue weighted by atomic mass is 19.3. The van der Waals surface area contributed by atoms with Crippen LogP contribution in [-0.4, -0.2) is 24.8 Å². The summed E-state index contributed by atoms with van der Waals surface area (Å²) in [4.78, 5) is 0. The van der Waals surface area contributed by atoms with Gasteiger partial charge < -0.3 is 14.3 Å². The smallest absolute Gasteiger partial charge is 0.401 e. The molecule has 1 saturated heterocycles. The van der Waals surface area contributed by atoms with Crippen molar-refractivity contribution in [3.8, 4) is 0 Å². The Kier molecular flexibility index (Phi) is 1.42. The Bertz CT molecular complexity index is 114. The zero-order valence-corrected chi connectivity index (χ0v) is 4.05. The Hall–Kier alpha value is -0.265. The number of halogens is 3. The van der Waals surface area contributed by atoms with Crippen molar-refractivity contribution in [2.45, 2.75) is 12.5 Å². The first kappa shape index (κ1) is 6.85. The lowest BCUT2D eigenvalue weighted by atomic mass is 10.2. The molecule has 0 saturated carbocycles.